The van der Waals surface area contributed by atoms with Crippen molar-refractivity contribution in [2.24, 2.45) is 5.92 Å². The maximum atomic E-state index is 12.2. The minimum atomic E-state index is -1.25. The van der Waals surface area contributed by atoms with Crippen molar-refractivity contribution < 1.29 is 28.6 Å². The third kappa shape index (κ3) is 8.19. The molecule has 0 spiro atoms. The monoisotopic (exact) mass is 351 g/mol. The fourth-order valence-electron chi connectivity index (χ4n) is 1.83. The number of amides is 1. The summed E-state index contributed by atoms with van der Waals surface area (Å²) in [5, 5.41) is 2.39. The van der Waals surface area contributed by atoms with Gasteiger partial charge < -0.3 is 19.5 Å². The average Bonchev–Trinajstić information content (AvgIpc) is 2.52. The highest BCUT2D eigenvalue weighted by atomic mass is 16.6. The van der Waals surface area contributed by atoms with Crippen LogP contribution in [0.3, 0.4) is 0 Å². The lowest BCUT2D eigenvalue weighted by Gasteiger charge is -2.21. The van der Waals surface area contributed by atoms with E-state index >= 15 is 0 Å². The Morgan fingerprint density at radius 2 is 1.64 bits per heavy atom. The van der Waals surface area contributed by atoms with Gasteiger partial charge in [-0.2, -0.15) is 0 Å². The summed E-state index contributed by atoms with van der Waals surface area (Å²) >= 11 is 0. The van der Waals surface area contributed by atoms with Gasteiger partial charge in [0.1, 0.15) is 12.2 Å². The topological polar surface area (TPSA) is 90.9 Å². The number of carbonyl (C=O) groups is 3. The van der Waals surface area contributed by atoms with Crippen molar-refractivity contribution in [1.82, 2.24) is 5.32 Å². The molecule has 0 bridgehead atoms. The molecule has 0 aliphatic carbocycles. The molecular formula is C18H25NO6. The Balaban J connectivity index is 2.64. The molecule has 25 heavy (non-hydrogen) atoms. The van der Waals surface area contributed by atoms with Crippen LogP contribution >= 0.6 is 0 Å². The molecule has 1 aromatic carbocycles. The molecule has 7 nitrogen and oxygen atoms in total. The molecule has 0 heterocycles. The predicted molar refractivity (Wildman–Crippen MR) is 90.6 cm³/mol. The number of benzene rings is 1. The molecular weight excluding hydrogens is 326 g/mol. The van der Waals surface area contributed by atoms with Crippen molar-refractivity contribution in [3.8, 4) is 0 Å². The van der Waals surface area contributed by atoms with E-state index in [4.69, 9.17) is 14.2 Å². The highest BCUT2D eigenvalue weighted by molar-refractivity contribution is 5.95. The van der Waals surface area contributed by atoms with Gasteiger partial charge >= 0.3 is 18.0 Å². The molecule has 1 unspecified atom stereocenters. The van der Waals surface area contributed by atoms with Crippen molar-refractivity contribution in [2.45, 2.75) is 39.9 Å². The molecule has 0 radical (unpaired) electrons. The van der Waals surface area contributed by atoms with Crippen LogP contribution in [0.4, 0.5) is 4.79 Å². The lowest BCUT2D eigenvalue weighted by atomic mass is 10.1. The molecule has 0 saturated heterocycles. The zero-order valence-corrected chi connectivity index (χ0v) is 15.0. The molecule has 0 aliphatic rings. The summed E-state index contributed by atoms with van der Waals surface area (Å²) in [6, 6.07) is 9.07. The van der Waals surface area contributed by atoms with E-state index in [2.05, 4.69) is 5.32 Å². The number of nitrogens with one attached hydrogen (secondary N) is 1. The van der Waals surface area contributed by atoms with Gasteiger partial charge in [0.25, 0.3) is 0 Å². The summed E-state index contributed by atoms with van der Waals surface area (Å²) in [5.41, 5.74) is 0.107. The van der Waals surface area contributed by atoms with Crippen LogP contribution in [0.2, 0.25) is 0 Å². The fourth-order valence-corrected chi connectivity index (χ4v) is 1.83. The summed E-state index contributed by atoms with van der Waals surface area (Å²) in [4.78, 5) is 35.9. The predicted octanol–water partition coefficient (Wildman–Crippen LogP) is 2.43. The normalized spacial score (nSPS) is 12.0. The van der Waals surface area contributed by atoms with E-state index in [0.717, 1.165) is 5.56 Å². The van der Waals surface area contributed by atoms with Gasteiger partial charge in [-0.3, -0.25) is 9.59 Å². The zero-order chi connectivity index (χ0) is 18.9. The smallest absolute Gasteiger partial charge is 0.407 e. The van der Waals surface area contributed by atoms with Crippen molar-refractivity contribution >= 4 is 18.0 Å². The molecule has 1 N–H and O–H groups in total. The average molecular weight is 351 g/mol. The minimum Gasteiger partial charge on any atom is -0.465 e. The highest BCUT2D eigenvalue weighted by Gasteiger charge is 2.31. The molecule has 138 valence electrons. The van der Waals surface area contributed by atoms with E-state index in [-0.39, 0.29) is 19.8 Å². The van der Waals surface area contributed by atoms with Crippen LogP contribution in [0.5, 0.6) is 0 Å². The van der Waals surface area contributed by atoms with Gasteiger partial charge in [-0.1, -0.05) is 30.3 Å². The largest absolute Gasteiger partial charge is 0.465 e. The van der Waals surface area contributed by atoms with Gasteiger partial charge in [-0.25, -0.2) is 4.79 Å². The van der Waals surface area contributed by atoms with Crippen LogP contribution in [-0.4, -0.2) is 36.8 Å². The Labute approximate surface area is 147 Å². The van der Waals surface area contributed by atoms with Crippen molar-refractivity contribution in [2.75, 3.05) is 13.2 Å². The first kappa shape index (κ1) is 20.5. The zero-order valence-electron chi connectivity index (χ0n) is 15.0. The molecule has 0 saturated carbocycles. The van der Waals surface area contributed by atoms with Crippen LogP contribution in [0, 0.1) is 5.92 Å². The summed E-state index contributed by atoms with van der Waals surface area (Å²) in [6.45, 7) is 6.65. The quantitative estimate of drug-likeness (QED) is 0.461. The van der Waals surface area contributed by atoms with Gasteiger partial charge in [-0.05, 0) is 33.3 Å². The Bertz CT molecular complexity index is 579. The third-order valence-corrected chi connectivity index (χ3v) is 2.93. The molecule has 7 heteroatoms. The van der Waals surface area contributed by atoms with Crippen LogP contribution < -0.4 is 5.32 Å². The molecule has 0 aliphatic heterocycles. The minimum absolute atomic E-state index is 0.0298. The van der Waals surface area contributed by atoms with Crippen molar-refractivity contribution in [1.29, 1.82) is 0 Å². The summed E-state index contributed by atoms with van der Waals surface area (Å²) in [5.74, 6) is -2.77. The molecule has 1 atom stereocenters. The summed E-state index contributed by atoms with van der Waals surface area (Å²) in [6.07, 6.45) is -0.724. The lowest BCUT2D eigenvalue weighted by molar-refractivity contribution is -0.162. The van der Waals surface area contributed by atoms with Crippen molar-refractivity contribution in [3.63, 3.8) is 0 Å². The third-order valence-electron chi connectivity index (χ3n) is 2.93. The van der Waals surface area contributed by atoms with E-state index in [1.807, 2.05) is 18.2 Å². The maximum Gasteiger partial charge on any atom is 0.407 e. The van der Waals surface area contributed by atoms with E-state index < -0.39 is 29.6 Å². The number of esters is 2. The number of hydrogen-bond donors (Lipinski definition) is 1. The number of carbonyl (C=O) groups excluding carboxylic acids is 3. The van der Waals surface area contributed by atoms with Gasteiger partial charge in [0.05, 0.1) is 6.61 Å². The van der Waals surface area contributed by atoms with Crippen molar-refractivity contribution in [3.05, 3.63) is 35.9 Å². The number of hydrogen-bond acceptors (Lipinski definition) is 6. The van der Waals surface area contributed by atoms with Crippen LogP contribution in [0.25, 0.3) is 0 Å². The summed E-state index contributed by atoms with van der Waals surface area (Å²) in [7, 11) is 0. The Kier molecular flexibility index (Phi) is 7.91. The lowest BCUT2D eigenvalue weighted by Crippen LogP contribution is -2.41. The maximum absolute atomic E-state index is 12.2. The van der Waals surface area contributed by atoms with Gasteiger partial charge in [0, 0.05) is 6.54 Å². The standard InChI is InChI=1S/C18H25NO6/c1-5-23-15(20)14(11-19-17(22)25-18(2,3)4)16(21)24-12-13-9-7-6-8-10-13/h6-10,14H,5,11-12H2,1-4H3,(H,19,22). The second kappa shape index (κ2) is 9.66. The first-order valence-electron chi connectivity index (χ1n) is 8.07. The molecule has 0 fully saturated rings. The first-order chi connectivity index (χ1) is 11.7. The number of rotatable bonds is 7. The Hall–Kier alpha value is -2.57. The van der Waals surface area contributed by atoms with Crippen LogP contribution in [0.15, 0.2) is 30.3 Å². The van der Waals surface area contributed by atoms with Gasteiger partial charge in [0.2, 0.25) is 0 Å². The first-order valence-corrected chi connectivity index (χ1v) is 8.07. The Morgan fingerprint density at radius 3 is 2.20 bits per heavy atom. The van der Waals surface area contributed by atoms with Crippen LogP contribution in [0.1, 0.15) is 33.3 Å². The number of ether oxygens (including phenoxy) is 3. The van der Waals surface area contributed by atoms with E-state index in [1.54, 1.807) is 39.8 Å². The van der Waals surface area contributed by atoms with E-state index in [9.17, 15) is 14.4 Å². The SMILES string of the molecule is CCOC(=O)C(CNC(=O)OC(C)(C)C)C(=O)OCc1ccccc1. The molecule has 1 rings (SSSR count). The summed E-state index contributed by atoms with van der Waals surface area (Å²) < 4.78 is 15.1. The molecule has 1 aromatic rings. The Morgan fingerprint density at radius 1 is 1.04 bits per heavy atom. The van der Waals surface area contributed by atoms with Crippen LogP contribution in [-0.2, 0) is 30.4 Å². The van der Waals surface area contributed by atoms with E-state index in [0.29, 0.717) is 0 Å². The fraction of sp³-hybridized carbons (Fsp3) is 0.500. The second-order valence-corrected chi connectivity index (χ2v) is 6.28. The molecule has 0 aromatic heterocycles. The number of alkyl carbamates (subject to hydrolysis) is 1. The van der Waals surface area contributed by atoms with Gasteiger partial charge in [0.15, 0.2) is 5.92 Å². The second-order valence-electron chi connectivity index (χ2n) is 6.28. The van der Waals surface area contributed by atoms with Gasteiger partial charge in [-0.15, -0.1) is 0 Å². The molecule has 1 amide bonds. The van der Waals surface area contributed by atoms with E-state index in [1.165, 1.54) is 0 Å². The highest BCUT2D eigenvalue weighted by Crippen LogP contribution is 2.09.